The molecule has 0 aliphatic heterocycles. The highest BCUT2D eigenvalue weighted by Gasteiger charge is 2.18. The van der Waals surface area contributed by atoms with Gasteiger partial charge in [-0.25, -0.2) is 4.98 Å². The third kappa shape index (κ3) is 4.46. The van der Waals surface area contributed by atoms with E-state index in [-0.39, 0.29) is 6.79 Å². The molecule has 2 aromatic heterocycles. The van der Waals surface area contributed by atoms with E-state index in [1.807, 2.05) is 6.07 Å². The topological polar surface area (TPSA) is 110 Å². The van der Waals surface area contributed by atoms with Crippen LogP contribution in [0.3, 0.4) is 0 Å². The maximum Gasteiger partial charge on any atom is 0.247 e. The van der Waals surface area contributed by atoms with Crippen LogP contribution in [0.1, 0.15) is 0 Å². The third-order valence-corrected chi connectivity index (χ3v) is 4.93. The van der Waals surface area contributed by atoms with E-state index >= 15 is 0 Å². The van der Waals surface area contributed by atoms with Crippen LogP contribution in [0, 0.1) is 0 Å². The Morgan fingerprint density at radius 1 is 0.824 bits per heavy atom. The summed E-state index contributed by atoms with van der Waals surface area (Å²) in [4.78, 5) is 9.07. The quantitative estimate of drug-likeness (QED) is 0.348. The summed E-state index contributed by atoms with van der Waals surface area (Å²) in [5.41, 5.74) is 2.03. The fourth-order valence-electron chi connectivity index (χ4n) is 3.40. The molecule has 11 heteroatoms. The molecule has 0 aliphatic carbocycles. The Balaban J connectivity index is 1.71. The second-order valence-corrected chi connectivity index (χ2v) is 6.93. The molecule has 0 spiro atoms. The van der Waals surface area contributed by atoms with Crippen LogP contribution < -0.4 is 29.0 Å². The van der Waals surface area contributed by atoms with Crippen molar-refractivity contribution in [2.24, 2.45) is 0 Å². The minimum atomic E-state index is 0.0935. The van der Waals surface area contributed by atoms with Crippen molar-refractivity contribution in [3.05, 3.63) is 42.6 Å². The molecule has 34 heavy (non-hydrogen) atoms. The van der Waals surface area contributed by atoms with Gasteiger partial charge in [0.25, 0.3) is 0 Å². The van der Waals surface area contributed by atoms with Gasteiger partial charge >= 0.3 is 0 Å². The number of methoxy groups -OCH3 is 5. The number of ether oxygens (including phenoxy) is 6. The van der Waals surface area contributed by atoms with E-state index in [1.165, 1.54) is 0 Å². The van der Waals surface area contributed by atoms with Crippen LogP contribution in [-0.4, -0.2) is 61.9 Å². The van der Waals surface area contributed by atoms with Gasteiger partial charge in [0.2, 0.25) is 11.7 Å². The molecule has 2 aromatic carbocycles. The first kappa shape index (κ1) is 22.9. The van der Waals surface area contributed by atoms with E-state index in [9.17, 15) is 0 Å². The maximum atomic E-state index is 5.58. The normalized spacial score (nSPS) is 10.7. The van der Waals surface area contributed by atoms with Gasteiger partial charge in [-0.15, -0.1) is 5.10 Å². The number of nitrogens with one attached hydrogen (secondary N) is 1. The van der Waals surface area contributed by atoms with E-state index in [0.717, 1.165) is 5.56 Å². The fourth-order valence-corrected chi connectivity index (χ4v) is 3.40. The molecule has 0 saturated heterocycles. The molecule has 0 aliphatic rings. The molecule has 1 N–H and O–H groups in total. The molecule has 0 fully saturated rings. The highest BCUT2D eigenvalue weighted by Crippen LogP contribution is 2.40. The van der Waals surface area contributed by atoms with Crippen molar-refractivity contribution in [1.29, 1.82) is 0 Å². The number of benzene rings is 2. The standard InChI is InChI=1S/C23H25N5O6/c1-29-13-34-17-12-15(6-7-16(17)30-2)25-23-26-20-8-9-24-22(28(20)27-23)14-10-18(31-3)21(33-5)19(11-14)32-4/h6-12H,13H2,1-5H3,(H,25,27). The monoisotopic (exact) mass is 467 g/mol. The highest BCUT2D eigenvalue weighted by atomic mass is 16.7. The van der Waals surface area contributed by atoms with Crippen molar-refractivity contribution < 1.29 is 28.4 Å². The molecular weight excluding hydrogens is 442 g/mol. The van der Waals surface area contributed by atoms with E-state index in [2.05, 4.69) is 20.4 Å². The summed E-state index contributed by atoms with van der Waals surface area (Å²) in [7, 11) is 7.80. The predicted octanol–water partition coefficient (Wildman–Crippen LogP) is 3.55. The minimum Gasteiger partial charge on any atom is -0.493 e. The summed E-state index contributed by atoms with van der Waals surface area (Å²) in [5.74, 6) is 3.55. The van der Waals surface area contributed by atoms with Crippen molar-refractivity contribution in [2.75, 3.05) is 47.7 Å². The first-order valence-electron chi connectivity index (χ1n) is 10.2. The molecule has 0 atom stereocenters. The number of anilines is 2. The molecule has 0 radical (unpaired) electrons. The number of aromatic nitrogens is 4. The molecule has 0 amide bonds. The van der Waals surface area contributed by atoms with Gasteiger partial charge in [0.05, 0.1) is 28.4 Å². The molecule has 0 saturated carbocycles. The van der Waals surface area contributed by atoms with E-state index < -0.39 is 0 Å². The van der Waals surface area contributed by atoms with Crippen LogP contribution >= 0.6 is 0 Å². The summed E-state index contributed by atoms with van der Waals surface area (Å²) in [5, 5.41) is 7.78. The van der Waals surface area contributed by atoms with Gasteiger partial charge in [0.1, 0.15) is 0 Å². The molecule has 0 bridgehead atoms. The summed E-state index contributed by atoms with van der Waals surface area (Å²) < 4.78 is 33.9. The molecule has 178 valence electrons. The number of nitrogens with zero attached hydrogens (tertiary/aromatic N) is 4. The van der Waals surface area contributed by atoms with Crippen LogP contribution in [0.25, 0.3) is 17.0 Å². The summed E-state index contributed by atoms with van der Waals surface area (Å²) in [6.07, 6.45) is 1.66. The molecular formula is C23H25N5O6. The second kappa shape index (κ2) is 10.1. The highest BCUT2D eigenvalue weighted by molar-refractivity contribution is 5.69. The number of fused-ring (bicyclic) bond motifs is 1. The van der Waals surface area contributed by atoms with Gasteiger partial charge in [-0.05, 0) is 24.3 Å². The molecule has 0 unspecified atom stereocenters. The Kier molecular flexibility index (Phi) is 6.83. The Bertz CT molecular complexity index is 1270. The van der Waals surface area contributed by atoms with Crippen molar-refractivity contribution in [3.8, 4) is 40.1 Å². The number of hydrogen-bond acceptors (Lipinski definition) is 10. The Morgan fingerprint density at radius 3 is 2.21 bits per heavy atom. The number of rotatable bonds is 10. The van der Waals surface area contributed by atoms with Gasteiger partial charge in [-0.3, -0.25) is 0 Å². The van der Waals surface area contributed by atoms with E-state index in [1.54, 1.807) is 76.6 Å². The van der Waals surface area contributed by atoms with Crippen molar-refractivity contribution >= 4 is 17.3 Å². The average Bonchev–Trinajstić information content (AvgIpc) is 3.29. The Morgan fingerprint density at radius 2 is 1.56 bits per heavy atom. The second-order valence-electron chi connectivity index (χ2n) is 6.93. The fraction of sp³-hybridized carbons (Fsp3) is 0.261. The van der Waals surface area contributed by atoms with Crippen molar-refractivity contribution in [1.82, 2.24) is 19.6 Å². The zero-order valence-electron chi connectivity index (χ0n) is 19.5. The first-order valence-corrected chi connectivity index (χ1v) is 10.2. The van der Waals surface area contributed by atoms with Gasteiger partial charge in [-0.1, -0.05) is 0 Å². The number of hydrogen-bond donors (Lipinski definition) is 1. The molecule has 2 heterocycles. The first-order chi connectivity index (χ1) is 16.6. The summed E-state index contributed by atoms with van der Waals surface area (Å²) in [6.45, 7) is 0.0935. The van der Waals surface area contributed by atoms with Gasteiger partial charge in [0, 0.05) is 36.7 Å². The van der Waals surface area contributed by atoms with Crippen molar-refractivity contribution in [3.63, 3.8) is 0 Å². The lowest BCUT2D eigenvalue weighted by atomic mass is 10.1. The largest absolute Gasteiger partial charge is 0.493 e. The SMILES string of the molecule is COCOc1cc(Nc2nc3ccnc(-c4cc(OC)c(OC)c(OC)c4)n3n2)ccc1OC. The van der Waals surface area contributed by atoms with E-state index in [4.69, 9.17) is 28.4 Å². The average molecular weight is 467 g/mol. The van der Waals surface area contributed by atoms with Crippen LogP contribution in [0.15, 0.2) is 42.6 Å². The van der Waals surface area contributed by atoms with Crippen LogP contribution in [-0.2, 0) is 4.74 Å². The summed E-state index contributed by atoms with van der Waals surface area (Å²) in [6, 6.07) is 10.8. The predicted molar refractivity (Wildman–Crippen MR) is 125 cm³/mol. The van der Waals surface area contributed by atoms with Gasteiger partial charge in [-0.2, -0.15) is 9.50 Å². The summed E-state index contributed by atoms with van der Waals surface area (Å²) >= 11 is 0. The van der Waals surface area contributed by atoms with Crippen LogP contribution in [0.4, 0.5) is 11.6 Å². The maximum absolute atomic E-state index is 5.58. The lowest BCUT2D eigenvalue weighted by Crippen LogP contribution is -2.02. The minimum absolute atomic E-state index is 0.0935. The van der Waals surface area contributed by atoms with Crippen LogP contribution in [0.5, 0.6) is 28.7 Å². The molecule has 4 aromatic rings. The lowest BCUT2D eigenvalue weighted by molar-refractivity contribution is 0.0492. The smallest absolute Gasteiger partial charge is 0.247 e. The lowest BCUT2D eigenvalue weighted by Gasteiger charge is -2.14. The Labute approximate surface area is 196 Å². The van der Waals surface area contributed by atoms with E-state index in [0.29, 0.717) is 51.9 Å². The Hall–Kier alpha value is -4.25. The van der Waals surface area contributed by atoms with Crippen LogP contribution in [0.2, 0.25) is 0 Å². The molecule has 11 nitrogen and oxygen atoms in total. The zero-order chi connectivity index (χ0) is 24.1. The zero-order valence-corrected chi connectivity index (χ0v) is 19.5. The molecule has 4 rings (SSSR count). The van der Waals surface area contributed by atoms with Gasteiger partial charge < -0.3 is 33.7 Å². The van der Waals surface area contributed by atoms with Crippen molar-refractivity contribution in [2.45, 2.75) is 0 Å². The van der Waals surface area contributed by atoms with Gasteiger partial charge in [0.15, 0.2) is 41.3 Å². The third-order valence-electron chi connectivity index (χ3n) is 4.93.